The van der Waals surface area contributed by atoms with E-state index in [-0.39, 0.29) is 6.42 Å². The van der Waals surface area contributed by atoms with Gasteiger partial charge < -0.3 is 15.2 Å². The fraction of sp³-hybridized carbons (Fsp3) is 0.400. The number of hydrogen-bond acceptors (Lipinski definition) is 6. The maximum atomic E-state index is 12.5. The van der Waals surface area contributed by atoms with Gasteiger partial charge in [-0.25, -0.2) is 9.59 Å². The predicted octanol–water partition coefficient (Wildman–Crippen LogP) is 2.67. The molecule has 0 bridgehead atoms. The van der Waals surface area contributed by atoms with Crippen molar-refractivity contribution in [1.29, 1.82) is 0 Å². The minimum absolute atomic E-state index is 0.124. The Labute approximate surface area is 146 Å². The van der Waals surface area contributed by atoms with E-state index in [9.17, 15) is 14.4 Å². The molecule has 0 aliphatic carbocycles. The number of carbonyl (C=O) groups is 3. The summed E-state index contributed by atoms with van der Waals surface area (Å²) in [6.07, 6.45) is -3.20. The molecule has 2 N–H and O–H groups in total. The molecule has 0 radical (unpaired) electrons. The number of benzene rings is 1. The number of nitrogens with two attached hydrogens (primary N) is 1. The van der Waals surface area contributed by atoms with Gasteiger partial charge in [-0.3, -0.25) is 9.63 Å². The van der Waals surface area contributed by atoms with Crippen LogP contribution in [-0.4, -0.2) is 29.9 Å². The van der Waals surface area contributed by atoms with Crippen LogP contribution in [-0.2, 0) is 25.5 Å². The van der Waals surface area contributed by atoms with E-state index in [0.717, 1.165) is 5.06 Å². The number of halogens is 1. The SMILES string of the molecule is CC(C)(C)OC(=O)ON1C(=O)C(OC(N)=O)Cc2ccc(Br)cc21. The van der Waals surface area contributed by atoms with Crippen LogP contribution in [0.1, 0.15) is 26.3 Å². The second-order valence-corrected chi connectivity index (χ2v) is 7.01. The zero-order chi connectivity index (χ0) is 18.1. The summed E-state index contributed by atoms with van der Waals surface area (Å²) in [4.78, 5) is 40.4. The molecule has 0 saturated heterocycles. The van der Waals surface area contributed by atoms with Crippen molar-refractivity contribution >= 4 is 39.8 Å². The number of primary amides is 1. The molecular weight excluding hydrogens is 384 g/mol. The first-order valence-electron chi connectivity index (χ1n) is 7.06. The average Bonchev–Trinajstić information content (AvgIpc) is 2.41. The molecule has 1 aromatic carbocycles. The number of hydroxylamine groups is 1. The highest BCUT2D eigenvalue weighted by Crippen LogP contribution is 2.32. The van der Waals surface area contributed by atoms with Crippen LogP contribution < -0.4 is 10.8 Å². The molecule has 0 fully saturated rings. The Balaban J connectivity index is 2.32. The molecule has 1 heterocycles. The van der Waals surface area contributed by atoms with Crippen LogP contribution in [0.15, 0.2) is 22.7 Å². The summed E-state index contributed by atoms with van der Waals surface area (Å²) >= 11 is 3.29. The van der Waals surface area contributed by atoms with Gasteiger partial charge in [-0.2, -0.15) is 0 Å². The summed E-state index contributed by atoms with van der Waals surface area (Å²) in [5, 5.41) is 0.755. The third kappa shape index (κ3) is 4.38. The zero-order valence-corrected chi connectivity index (χ0v) is 15.0. The molecule has 2 amide bonds. The van der Waals surface area contributed by atoms with E-state index in [2.05, 4.69) is 15.9 Å². The molecule has 0 saturated carbocycles. The van der Waals surface area contributed by atoms with E-state index in [4.69, 9.17) is 20.0 Å². The summed E-state index contributed by atoms with van der Waals surface area (Å²) in [6, 6.07) is 5.08. The summed E-state index contributed by atoms with van der Waals surface area (Å²) in [7, 11) is 0. The van der Waals surface area contributed by atoms with E-state index in [1.165, 1.54) is 0 Å². The number of nitrogens with zero attached hydrogens (tertiary/aromatic N) is 1. The van der Waals surface area contributed by atoms with Crippen molar-refractivity contribution in [3.05, 3.63) is 28.2 Å². The zero-order valence-electron chi connectivity index (χ0n) is 13.4. The molecule has 1 atom stereocenters. The van der Waals surface area contributed by atoms with E-state index < -0.39 is 29.9 Å². The molecule has 1 aliphatic heterocycles. The summed E-state index contributed by atoms with van der Waals surface area (Å²) in [6.45, 7) is 4.99. The Hall–Kier alpha value is -2.29. The molecule has 24 heavy (non-hydrogen) atoms. The van der Waals surface area contributed by atoms with Gasteiger partial charge in [-0.15, -0.1) is 5.06 Å². The molecule has 130 valence electrons. The van der Waals surface area contributed by atoms with Crippen LogP contribution in [0.2, 0.25) is 0 Å². The van der Waals surface area contributed by atoms with E-state index >= 15 is 0 Å². The maximum Gasteiger partial charge on any atom is 0.534 e. The van der Waals surface area contributed by atoms with Crippen molar-refractivity contribution in [2.24, 2.45) is 5.73 Å². The topological polar surface area (TPSA) is 108 Å². The lowest BCUT2D eigenvalue weighted by molar-refractivity contribution is -0.134. The Morgan fingerprint density at radius 1 is 1.33 bits per heavy atom. The van der Waals surface area contributed by atoms with Crippen molar-refractivity contribution in [2.75, 3.05) is 5.06 Å². The monoisotopic (exact) mass is 400 g/mol. The van der Waals surface area contributed by atoms with E-state index in [1.54, 1.807) is 39.0 Å². The minimum atomic E-state index is -1.18. The van der Waals surface area contributed by atoms with Crippen molar-refractivity contribution < 1.29 is 28.7 Å². The van der Waals surface area contributed by atoms with Crippen molar-refractivity contribution in [1.82, 2.24) is 0 Å². The molecule has 2 rings (SSSR count). The lowest BCUT2D eigenvalue weighted by atomic mass is 10.0. The van der Waals surface area contributed by atoms with Crippen LogP contribution >= 0.6 is 15.9 Å². The second kappa shape index (κ2) is 6.68. The van der Waals surface area contributed by atoms with Gasteiger partial charge in [0.05, 0.1) is 5.69 Å². The molecule has 0 aromatic heterocycles. The van der Waals surface area contributed by atoms with Crippen LogP contribution in [0.3, 0.4) is 0 Å². The summed E-state index contributed by atoms with van der Waals surface area (Å²) < 4.78 is 10.5. The van der Waals surface area contributed by atoms with E-state index in [1.807, 2.05) is 0 Å². The highest BCUT2D eigenvalue weighted by Gasteiger charge is 2.38. The Kier molecular flexibility index (Phi) is 5.02. The largest absolute Gasteiger partial charge is 0.534 e. The number of ether oxygens (including phenoxy) is 2. The number of hydrogen-bond donors (Lipinski definition) is 1. The van der Waals surface area contributed by atoms with Gasteiger partial charge in [-0.1, -0.05) is 22.0 Å². The van der Waals surface area contributed by atoms with Gasteiger partial charge in [0, 0.05) is 10.9 Å². The second-order valence-electron chi connectivity index (χ2n) is 6.09. The van der Waals surface area contributed by atoms with Gasteiger partial charge in [0.1, 0.15) is 5.60 Å². The standard InChI is InChI=1S/C15H17BrN2O6/c1-15(2,3)23-14(21)24-18-10-7-9(16)5-4-8(10)6-11(12(18)19)22-13(17)20/h4-5,7,11H,6H2,1-3H3,(H2,17,20). The van der Waals surface area contributed by atoms with Crippen LogP contribution in [0.4, 0.5) is 15.3 Å². The first-order chi connectivity index (χ1) is 11.1. The fourth-order valence-corrected chi connectivity index (χ4v) is 2.45. The number of amides is 2. The molecule has 1 aliphatic rings. The van der Waals surface area contributed by atoms with Gasteiger partial charge >= 0.3 is 18.2 Å². The van der Waals surface area contributed by atoms with Crippen molar-refractivity contribution in [3.8, 4) is 0 Å². The van der Waals surface area contributed by atoms with Gasteiger partial charge in [0.2, 0.25) is 0 Å². The lowest BCUT2D eigenvalue weighted by Crippen LogP contribution is -2.48. The quantitative estimate of drug-likeness (QED) is 0.764. The third-order valence-corrected chi connectivity index (χ3v) is 3.45. The Bertz CT molecular complexity index is 685. The summed E-state index contributed by atoms with van der Waals surface area (Å²) in [5.74, 6) is -0.731. The maximum absolute atomic E-state index is 12.5. The van der Waals surface area contributed by atoms with Gasteiger partial charge in [0.25, 0.3) is 0 Å². The van der Waals surface area contributed by atoms with Crippen LogP contribution in [0.25, 0.3) is 0 Å². The Morgan fingerprint density at radius 3 is 2.58 bits per heavy atom. The molecule has 0 spiro atoms. The third-order valence-electron chi connectivity index (χ3n) is 2.96. The van der Waals surface area contributed by atoms with Crippen LogP contribution in [0, 0.1) is 0 Å². The Morgan fingerprint density at radius 2 is 2.00 bits per heavy atom. The number of fused-ring (bicyclic) bond motifs is 1. The molecule has 9 heteroatoms. The fourth-order valence-electron chi connectivity index (χ4n) is 2.10. The first-order valence-corrected chi connectivity index (χ1v) is 7.85. The highest BCUT2D eigenvalue weighted by atomic mass is 79.9. The number of anilines is 1. The van der Waals surface area contributed by atoms with E-state index in [0.29, 0.717) is 15.7 Å². The van der Waals surface area contributed by atoms with Crippen molar-refractivity contribution in [3.63, 3.8) is 0 Å². The first kappa shape index (κ1) is 18.1. The predicted molar refractivity (Wildman–Crippen MR) is 87.1 cm³/mol. The summed E-state index contributed by atoms with van der Waals surface area (Å²) in [5.41, 5.74) is 5.19. The molecule has 1 unspecified atom stereocenters. The lowest BCUT2D eigenvalue weighted by Gasteiger charge is -2.32. The highest BCUT2D eigenvalue weighted by molar-refractivity contribution is 9.10. The number of carbonyl (C=O) groups excluding carboxylic acids is 3. The van der Waals surface area contributed by atoms with Gasteiger partial charge in [0.15, 0.2) is 6.10 Å². The average molecular weight is 401 g/mol. The van der Waals surface area contributed by atoms with Gasteiger partial charge in [-0.05, 0) is 38.5 Å². The van der Waals surface area contributed by atoms with Crippen molar-refractivity contribution in [2.45, 2.75) is 38.9 Å². The molecule has 1 aromatic rings. The smallest absolute Gasteiger partial charge is 0.436 e. The molecular formula is C15H17BrN2O6. The number of rotatable bonds is 2. The minimum Gasteiger partial charge on any atom is -0.436 e. The normalized spacial score (nSPS) is 17.1. The van der Waals surface area contributed by atoms with Crippen LogP contribution in [0.5, 0.6) is 0 Å². The molecule has 8 nitrogen and oxygen atoms in total.